The van der Waals surface area contributed by atoms with Crippen molar-refractivity contribution >= 4 is 11.6 Å². The molecular weight excluding hydrogens is 228 g/mol. The average Bonchev–Trinajstić information content (AvgIpc) is 2.40. The minimum atomic E-state index is 0.430. The Morgan fingerprint density at radius 1 is 1.33 bits per heavy atom. The Morgan fingerprint density at radius 2 is 2.00 bits per heavy atom. The largest absolute Gasteiger partial charge is 0.377 e. The summed E-state index contributed by atoms with van der Waals surface area (Å²) in [6.45, 7) is 4.82. The molecule has 5 nitrogen and oxygen atoms in total. The van der Waals surface area contributed by atoms with Gasteiger partial charge in [-0.25, -0.2) is 9.97 Å². The van der Waals surface area contributed by atoms with Crippen molar-refractivity contribution in [2.45, 2.75) is 39.3 Å². The molecule has 0 bridgehead atoms. The van der Waals surface area contributed by atoms with E-state index in [1.807, 2.05) is 13.1 Å². The number of rotatable bonds is 7. The highest BCUT2D eigenvalue weighted by atomic mass is 16.5. The maximum absolute atomic E-state index is 5.10. The second kappa shape index (κ2) is 7.16. The monoisotopic (exact) mass is 252 g/mol. The molecule has 0 saturated carbocycles. The van der Waals surface area contributed by atoms with Gasteiger partial charge >= 0.3 is 0 Å². The molecular formula is C13H24N4O. The highest BCUT2D eigenvalue weighted by Gasteiger charge is 2.14. The summed E-state index contributed by atoms with van der Waals surface area (Å²) >= 11 is 0. The van der Waals surface area contributed by atoms with Crippen molar-refractivity contribution in [3.05, 3.63) is 11.9 Å². The molecule has 0 aliphatic carbocycles. The minimum absolute atomic E-state index is 0.430. The van der Waals surface area contributed by atoms with Crippen molar-refractivity contribution < 1.29 is 4.74 Å². The van der Waals surface area contributed by atoms with E-state index in [1.54, 1.807) is 7.11 Å². The summed E-state index contributed by atoms with van der Waals surface area (Å²) in [6.07, 6.45) is 2.21. The van der Waals surface area contributed by atoms with Gasteiger partial charge in [0.1, 0.15) is 18.2 Å². The van der Waals surface area contributed by atoms with Crippen LogP contribution in [0.15, 0.2) is 6.07 Å². The molecule has 0 aliphatic heterocycles. The fraction of sp³-hybridized carbons (Fsp3) is 0.692. The topological polar surface area (TPSA) is 50.3 Å². The second-order valence-corrected chi connectivity index (χ2v) is 4.29. The van der Waals surface area contributed by atoms with E-state index in [1.165, 1.54) is 0 Å². The van der Waals surface area contributed by atoms with Gasteiger partial charge in [-0.05, 0) is 12.8 Å². The van der Waals surface area contributed by atoms with E-state index in [0.717, 1.165) is 24.5 Å². The zero-order valence-electron chi connectivity index (χ0n) is 12.0. The molecule has 5 heteroatoms. The Kier molecular flexibility index (Phi) is 5.85. The van der Waals surface area contributed by atoms with Crippen LogP contribution in [0.1, 0.15) is 32.5 Å². The molecule has 0 aromatic carbocycles. The summed E-state index contributed by atoms with van der Waals surface area (Å²) in [5.74, 6) is 2.47. The Hall–Kier alpha value is -1.36. The lowest BCUT2D eigenvalue weighted by Gasteiger charge is -2.27. The molecule has 0 spiro atoms. The number of methoxy groups -OCH3 is 1. The SMILES string of the molecule is CCC(CC)N(C)c1cc(NC)nc(COC)n1. The highest BCUT2D eigenvalue weighted by molar-refractivity contribution is 5.49. The summed E-state index contributed by atoms with van der Waals surface area (Å²) in [5.41, 5.74) is 0. The Balaban J connectivity index is 3.02. The number of anilines is 2. The van der Waals surface area contributed by atoms with Crippen LogP contribution >= 0.6 is 0 Å². The predicted molar refractivity (Wildman–Crippen MR) is 75.1 cm³/mol. The highest BCUT2D eigenvalue weighted by Crippen LogP contribution is 2.19. The first-order chi connectivity index (χ1) is 8.65. The molecule has 102 valence electrons. The van der Waals surface area contributed by atoms with Crippen LogP contribution in [0.5, 0.6) is 0 Å². The van der Waals surface area contributed by atoms with E-state index in [2.05, 4.69) is 41.1 Å². The fourth-order valence-electron chi connectivity index (χ4n) is 2.01. The molecule has 1 rings (SSSR count). The zero-order chi connectivity index (χ0) is 13.5. The summed E-state index contributed by atoms with van der Waals surface area (Å²) < 4.78 is 5.10. The van der Waals surface area contributed by atoms with Gasteiger partial charge in [0.05, 0.1) is 0 Å². The smallest absolute Gasteiger partial charge is 0.158 e. The average molecular weight is 252 g/mol. The van der Waals surface area contributed by atoms with Gasteiger partial charge in [-0.3, -0.25) is 0 Å². The molecule has 1 N–H and O–H groups in total. The molecule has 0 radical (unpaired) electrons. The molecule has 0 amide bonds. The Labute approximate surface area is 110 Å². The van der Waals surface area contributed by atoms with Gasteiger partial charge in [0.2, 0.25) is 0 Å². The van der Waals surface area contributed by atoms with Crippen LogP contribution in [-0.2, 0) is 11.3 Å². The molecule has 0 unspecified atom stereocenters. The van der Waals surface area contributed by atoms with Crippen molar-refractivity contribution in [1.29, 1.82) is 0 Å². The van der Waals surface area contributed by atoms with Gasteiger partial charge in [0.25, 0.3) is 0 Å². The van der Waals surface area contributed by atoms with Crippen molar-refractivity contribution in [1.82, 2.24) is 9.97 Å². The van der Waals surface area contributed by atoms with E-state index in [0.29, 0.717) is 18.5 Å². The molecule has 1 aromatic heterocycles. The van der Waals surface area contributed by atoms with Gasteiger partial charge in [-0.1, -0.05) is 13.8 Å². The number of aromatic nitrogens is 2. The van der Waals surface area contributed by atoms with Crippen LogP contribution in [0.25, 0.3) is 0 Å². The zero-order valence-corrected chi connectivity index (χ0v) is 12.0. The van der Waals surface area contributed by atoms with Crippen LogP contribution in [0, 0.1) is 0 Å². The second-order valence-electron chi connectivity index (χ2n) is 4.29. The molecule has 0 atom stereocenters. The molecule has 0 fully saturated rings. The first kappa shape index (κ1) is 14.7. The Bertz CT molecular complexity index is 366. The Morgan fingerprint density at radius 3 is 2.50 bits per heavy atom. The van der Waals surface area contributed by atoms with E-state index >= 15 is 0 Å². The third-order valence-corrected chi connectivity index (χ3v) is 3.14. The fourth-order valence-corrected chi connectivity index (χ4v) is 2.01. The van der Waals surface area contributed by atoms with Crippen molar-refractivity contribution in [3.63, 3.8) is 0 Å². The van der Waals surface area contributed by atoms with Crippen LogP contribution in [0.4, 0.5) is 11.6 Å². The number of ether oxygens (including phenoxy) is 1. The third kappa shape index (κ3) is 3.57. The quantitative estimate of drug-likeness (QED) is 0.807. The van der Waals surface area contributed by atoms with Crippen molar-refractivity contribution in [3.8, 4) is 0 Å². The van der Waals surface area contributed by atoms with Crippen LogP contribution < -0.4 is 10.2 Å². The van der Waals surface area contributed by atoms with E-state index in [9.17, 15) is 0 Å². The van der Waals surface area contributed by atoms with E-state index in [4.69, 9.17) is 4.74 Å². The van der Waals surface area contributed by atoms with Crippen LogP contribution in [0.3, 0.4) is 0 Å². The molecule has 1 aromatic rings. The normalized spacial score (nSPS) is 10.8. The summed E-state index contributed by atoms with van der Waals surface area (Å²) in [4.78, 5) is 11.1. The number of hydrogen-bond donors (Lipinski definition) is 1. The van der Waals surface area contributed by atoms with Crippen LogP contribution in [-0.4, -0.2) is 37.2 Å². The van der Waals surface area contributed by atoms with E-state index < -0.39 is 0 Å². The van der Waals surface area contributed by atoms with Crippen molar-refractivity contribution in [2.24, 2.45) is 0 Å². The number of nitrogens with one attached hydrogen (secondary N) is 1. The van der Waals surface area contributed by atoms with Gasteiger partial charge in [-0.15, -0.1) is 0 Å². The third-order valence-electron chi connectivity index (χ3n) is 3.14. The summed E-state index contributed by atoms with van der Waals surface area (Å²) in [7, 11) is 5.59. The lowest BCUT2D eigenvalue weighted by molar-refractivity contribution is 0.178. The van der Waals surface area contributed by atoms with Gasteiger partial charge in [0, 0.05) is 33.3 Å². The first-order valence-electron chi connectivity index (χ1n) is 6.43. The maximum atomic E-state index is 5.10. The lowest BCUT2D eigenvalue weighted by Crippen LogP contribution is -2.31. The first-order valence-corrected chi connectivity index (χ1v) is 6.43. The molecule has 1 heterocycles. The maximum Gasteiger partial charge on any atom is 0.158 e. The molecule has 0 saturated heterocycles. The molecule has 0 aliphatic rings. The standard InChI is InChI=1S/C13H24N4O/c1-6-10(7-2)17(4)13-8-11(14-3)15-12(16-13)9-18-5/h8,10H,6-7,9H2,1-5H3,(H,14,15,16). The van der Waals surface area contributed by atoms with Crippen LogP contribution in [0.2, 0.25) is 0 Å². The number of hydrogen-bond acceptors (Lipinski definition) is 5. The minimum Gasteiger partial charge on any atom is -0.377 e. The van der Waals surface area contributed by atoms with Crippen molar-refractivity contribution in [2.75, 3.05) is 31.4 Å². The van der Waals surface area contributed by atoms with Gasteiger partial charge < -0.3 is 15.0 Å². The lowest BCUT2D eigenvalue weighted by atomic mass is 10.1. The van der Waals surface area contributed by atoms with Gasteiger partial charge in [-0.2, -0.15) is 0 Å². The van der Waals surface area contributed by atoms with E-state index in [-0.39, 0.29) is 0 Å². The van der Waals surface area contributed by atoms with Gasteiger partial charge in [0.15, 0.2) is 5.82 Å². The molecule has 18 heavy (non-hydrogen) atoms. The summed E-state index contributed by atoms with van der Waals surface area (Å²) in [6, 6.07) is 2.47. The predicted octanol–water partition coefficient (Wildman–Crippen LogP) is 2.29. The summed E-state index contributed by atoms with van der Waals surface area (Å²) in [5, 5.41) is 3.06. The number of nitrogens with zero attached hydrogens (tertiary/aromatic N) is 3.